The first-order valence-electron chi connectivity index (χ1n) is 8.04. The molecule has 0 fully saturated rings. The number of nitrogens with one attached hydrogen (secondary N) is 1. The smallest absolute Gasteiger partial charge is 0.258 e. The second-order valence-electron chi connectivity index (χ2n) is 5.78. The normalized spacial score (nSPS) is 11.9. The summed E-state index contributed by atoms with van der Waals surface area (Å²) in [5, 5.41) is 12.7. The number of benzene rings is 2. The van der Waals surface area contributed by atoms with Crippen molar-refractivity contribution < 1.29 is 23.8 Å². The van der Waals surface area contributed by atoms with Crippen molar-refractivity contribution in [3.63, 3.8) is 0 Å². The van der Waals surface area contributed by atoms with Crippen LogP contribution in [-0.2, 0) is 4.79 Å². The molecule has 0 aliphatic heterocycles. The quantitative estimate of drug-likeness (QED) is 0.771. The Morgan fingerprint density at radius 1 is 1.20 bits per heavy atom. The second-order valence-corrected chi connectivity index (χ2v) is 5.78. The predicted molar refractivity (Wildman–Crippen MR) is 92.1 cm³/mol. The maximum absolute atomic E-state index is 13.4. The van der Waals surface area contributed by atoms with Crippen LogP contribution in [0.4, 0.5) is 4.39 Å². The maximum Gasteiger partial charge on any atom is 0.258 e. The molecular formula is C19H22FNO4. The molecule has 0 bridgehead atoms. The highest BCUT2D eigenvalue weighted by Crippen LogP contribution is 2.20. The minimum absolute atomic E-state index is 0.0109. The van der Waals surface area contributed by atoms with Crippen molar-refractivity contribution in [3.8, 4) is 11.5 Å². The number of amides is 1. The average Bonchev–Trinajstić information content (AvgIpc) is 2.58. The molecule has 2 N–H and O–H groups in total. The van der Waals surface area contributed by atoms with Crippen LogP contribution in [0, 0.1) is 5.82 Å². The molecule has 0 unspecified atom stereocenters. The lowest BCUT2D eigenvalue weighted by molar-refractivity contribution is -0.123. The standard InChI is InChI=1S/C19H22FNO4/c1-13(2)25-15-7-5-6-14(10-15)17(22)11-21-19(23)12-24-18-9-4-3-8-16(18)20/h3-10,13,17,22H,11-12H2,1-2H3,(H,21,23)/t17-/m0/s1. The van der Waals surface area contributed by atoms with E-state index < -0.39 is 17.8 Å². The zero-order chi connectivity index (χ0) is 18.2. The largest absolute Gasteiger partial charge is 0.491 e. The first-order valence-corrected chi connectivity index (χ1v) is 8.04. The average molecular weight is 347 g/mol. The number of ether oxygens (including phenoxy) is 2. The summed E-state index contributed by atoms with van der Waals surface area (Å²) in [6.07, 6.45) is -0.851. The lowest BCUT2D eigenvalue weighted by Gasteiger charge is -2.15. The number of carbonyl (C=O) groups is 1. The molecule has 0 aromatic heterocycles. The number of carbonyl (C=O) groups excluding carboxylic acids is 1. The number of aliphatic hydroxyl groups excluding tert-OH is 1. The third-order valence-corrected chi connectivity index (χ3v) is 3.30. The Morgan fingerprint density at radius 2 is 1.96 bits per heavy atom. The topological polar surface area (TPSA) is 67.8 Å². The van der Waals surface area contributed by atoms with E-state index in [-0.39, 0.29) is 25.0 Å². The maximum atomic E-state index is 13.4. The lowest BCUT2D eigenvalue weighted by atomic mass is 10.1. The summed E-state index contributed by atoms with van der Waals surface area (Å²) < 4.78 is 24.1. The summed E-state index contributed by atoms with van der Waals surface area (Å²) in [5.41, 5.74) is 0.633. The molecule has 0 saturated heterocycles. The monoisotopic (exact) mass is 347 g/mol. The molecule has 5 nitrogen and oxygen atoms in total. The Kier molecular flexibility index (Phi) is 6.77. The molecule has 1 atom stereocenters. The molecule has 0 aliphatic rings. The Morgan fingerprint density at radius 3 is 2.68 bits per heavy atom. The number of para-hydroxylation sites is 1. The van der Waals surface area contributed by atoms with E-state index in [9.17, 15) is 14.3 Å². The fourth-order valence-electron chi connectivity index (χ4n) is 2.15. The van der Waals surface area contributed by atoms with Crippen LogP contribution in [0.2, 0.25) is 0 Å². The van der Waals surface area contributed by atoms with Gasteiger partial charge >= 0.3 is 0 Å². The van der Waals surface area contributed by atoms with Crippen molar-refractivity contribution >= 4 is 5.91 Å². The summed E-state index contributed by atoms with van der Waals surface area (Å²) >= 11 is 0. The molecule has 0 spiro atoms. The van der Waals surface area contributed by atoms with E-state index in [1.807, 2.05) is 13.8 Å². The minimum Gasteiger partial charge on any atom is -0.491 e. The number of hydrogen-bond acceptors (Lipinski definition) is 4. The molecule has 2 aromatic rings. The van der Waals surface area contributed by atoms with Crippen molar-refractivity contribution in [2.24, 2.45) is 0 Å². The lowest BCUT2D eigenvalue weighted by Crippen LogP contribution is -2.32. The molecule has 0 heterocycles. The Labute approximate surface area is 146 Å². The summed E-state index contributed by atoms with van der Waals surface area (Å²) in [5.74, 6) is -0.313. The predicted octanol–water partition coefficient (Wildman–Crippen LogP) is 2.84. The fraction of sp³-hybridized carbons (Fsp3) is 0.316. The molecular weight excluding hydrogens is 325 g/mol. The van der Waals surface area contributed by atoms with Crippen LogP contribution in [0.3, 0.4) is 0 Å². The van der Waals surface area contributed by atoms with Gasteiger partial charge in [-0.25, -0.2) is 4.39 Å². The molecule has 0 radical (unpaired) electrons. The minimum atomic E-state index is -0.881. The van der Waals surface area contributed by atoms with Gasteiger partial charge in [0.2, 0.25) is 0 Å². The van der Waals surface area contributed by atoms with Crippen LogP contribution in [0.15, 0.2) is 48.5 Å². The van der Waals surface area contributed by atoms with E-state index >= 15 is 0 Å². The summed E-state index contributed by atoms with van der Waals surface area (Å²) in [6, 6.07) is 12.9. The number of hydrogen-bond donors (Lipinski definition) is 2. The van der Waals surface area contributed by atoms with Crippen LogP contribution in [0.25, 0.3) is 0 Å². The van der Waals surface area contributed by atoms with Gasteiger partial charge in [-0.2, -0.15) is 0 Å². The van der Waals surface area contributed by atoms with Gasteiger partial charge in [-0.1, -0.05) is 24.3 Å². The molecule has 1 amide bonds. The van der Waals surface area contributed by atoms with E-state index in [2.05, 4.69) is 5.32 Å². The van der Waals surface area contributed by atoms with Crippen molar-refractivity contribution in [1.29, 1.82) is 0 Å². The Bertz CT molecular complexity index is 705. The molecule has 0 aliphatic carbocycles. The van der Waals surface area contributed by atoms with E-state index in [4.69, 9.17) is 9.47 Å². The Balaban J connectivity index is 1.82. The third-order valence-electron chi connectivity index (χ3n) is 3.30. The van der Waals surface area contributed by atoms with Crippen LogP contribution in [-0.4, -0.2) is 30.3 Å². The van der Waals surface area contributed by atoms with Crippen molar-refractivity contribution in [3.05, 3.63) is 59.9 Å². The molecule has 2 rings (SSSR count). The molecule has 2 aromatic carbocycles. The number of halogens is 1. The highest BCUT2D eigenvalue weighted by Gasteiger charge is 2.12. The zero-order valence-electron chi connectivity index (χ0n) is 14.2. The molecule has 6 heteroatoms. The van der Waals surface area contributed by atoms with Gasteiger partial charge in [-0.15, -0.1) is 0 Å². The van der Waals surface area contributed by atoms with Gasteiger partial charge in [0.05, 0.1) is 12.2 Å². The fourth-order valence-corrected chi connectivity index (χ4v) is 2.15. The summed E-state index contributed by atoms with van der Waals surface area (Å²) in [4.78, 5) is 11.8. The SMILES string of the molecule is CC(C)Oc1cccc([C@@H](O)CNC(=O)COc2ccccc2F)c1. The number of aliphatic hydroxyl groups is 1. The highest BCUT2D eigenvalue weighted by molar-refractivity contribution is 5.77. The van der Waals surface area contributed by atoms with Gasteiger partial charge in [-0.3, -0.25) is 4.79 Å². The third kappa shape index (κ3) is 6.08. The van der Waals surface area contributed by atoms with Gasteiger partial charge in [-0.05, 0) is 43.7 Å². The molecule has 134 valence electrons. The van der Waals surface area contributed by atoms with Crippen LogP contribution < -0.4 is 14.8 Å². The van der Waals surface area contributed by atoms with E-state index in [0.29, 0.717) is 11.3 Å². The highest BCUT2D eigenvalue weighted by atomic mass is 19.1. The van der Waals surface area contributed by atoms with Crippen LogP contribution in [0.1, 0.15) is 25.5 Å². The summed E-state index contributed by atoms with van der Waals surface area (Å²) in [7, 11) is 0. The van der Waals surface area contributed by atoms with Crippen LogP contribution >= 0.6 is 0 Å². The Hall–Kier alpha value is -2.60. The van der Waals surface area contributed by atoms with E-state index in [1.165, 1.54) is 18.2 Å². The van der Waals surface area contributed by atoms with Gasteiger partial charge < -0.3 is 19.9 Å². The van der Waals surface area contributed by atoms with Gasteiger partial charge in [0.1, 0.15) is 5.75 Å². The van der Waals surface area contributed by atoms with Gasteiger partial charge in [0.25, 0.3) is 5.91 Å². The van der Waals surface area contributed by atoms with Gasteiger partial charge in [0, 0.05) is 6.54 Å². The summed E-state index contributed by atoms with van der Waals surface area (Å²) in [6.45, 7) is 3.52. The van der Waals surface area contributed by atoms with Crippen molar-refractivity contribution in [2.45, 2.75) is 26.1 Å². The van der Waals surface area contributed by atoms with Crippen LogP contribution in [0.5, 0.6) is 11.5 Å². The van der Waals surface area contributed by atoms with Gasteiger partial charge in [0.15, 0.2) is 18.2 Å². The van der Waals surface area contributed by atoms with E-state index in [1.54, 1.807) is 30.3 Å². The van der Waals surface area contributed by atoms with Crippen molar-refractivity contribution in [2.75, 3.05) is 13.2 Å². The molecule has 0 saturated carbocycles. The molecule has 25 heavy (non-hydrogen) atoms. The second kappa shape index (κ2) is 9.03. The number of rotatable bonds is 8. The first kappa shape index (κ1) is 18.7. The van der Waals surface area contributed by atoms with E-state index in [0.717, 1.165) is 0 Å². The first-order chi connectivity index (χ1) is 12.0. The van der Waals surface area contributed by atoms with Crippen molar-refractivity contribution in [1.82, 2.24) is 5.32 Å². The zero-order valence-corrected chi connectivity index (χ0v) is 14.2.